The van der Waals surface area contributed by atoms with Crippen LogP contribution in [0.4, 0.5) is 17.6 Å². The monoisotopic (exact) mass is 617 g/mol. The Balaban J connectivity index is 0.00000104. The maximum atomic E-state index is 15.6. The molecular weight excluding hydrogens is 570 g/mol. The number of hydrogen-bond acceptors (Lipinski definition) is 4. The zero-order valence-corrected chi connectivity index (χ0v) is 27.5. The largest absolute Gasteiger partial charge is 0.466 e. The normalized spacial score (nSPS) is 16.5. The second kappa shape index (κ2) is 16.6. The van der Waals surface area contributed by atoms with Gasteiger partial charge < -0.3 is 4.74 Å². The van der Waals surface area contributed by atoms with E-state index in [-0.39, 0.29) is 23.7 Å². The Morgan fingerprint density at radius 1 is 1.02 bits per heavy atom. The third-order valence-electron chi connectivity index (χ3n) is 6.75. The van der Waals surface area contributed by atoms with Gasteiger partial charge in [0.25, 0.3) is 0 Å². The van der Waals surface area contributed by atoms with Crippen molar-refractivity contribution in [1.29, 1.82) is 0 Å². The van der Waals surface area contributed by atoms with Crippen LogP contribution in [-0.2, 0) is 22.5 Å². The molecule has 2 aromatic carbocycles. The van der Waals surface area contributed by atoms with Crippen molar-refractivity contribution in [2.24, 2.45) is 0 Å². The SMILES string of the molecule is CCC.CCC.CCn1cc(-c2cc3c(cc2F)C(c2c(F)cc(/C=C/C(=O)OC)cc2F)N(CC(C)(C)F)C(C)C3)cn1. The molecule has 9 heteroatoms. The van der Waals surface area contributed by atoms with Crippen molar-refractivity contribution in [3.05, 3.63) is 82.4 Å². The number of halogens is 4. The van der Waals surface area contributed by atoms with Gasteiger partial charge in [-0.1, -0.05) is 40.5 Å². The van der Waals surface area contributed by atoms with Crippen molar-refractivity contribution in [2.75, 3.05) is 13.7 Å². The Kier molecular flexibility index (Phi) is 13.8. The lowest BCUT2D eigenvalue weighted by molar-refractivity contribution is -0.134. The van der Waals surface area contributed by atoms with E-state index in [1.807, 2.05) is 13.8 Å². The summed E-state index contributed by atoms with van der Waals surface area (Å²) in [6.45, 7) is 15.6. The van der Waals surface area contributed by atoms with Crippen molar-refractivity contribution in [3.63, 3.8) is 0 Å². The highest BCUT2D eigenvalue weighted by molar-refractivity contribution is 5.86. The Morgan fingerprint density at radius 3 is 2.11 bits per heavy atom. The maximum absolute atomic E-state index is 15.6. The predicted molar refractivity (Wildman–Crippen MR) is 170 cm³/mol. The van der Waals surface area contributed by atoms with E-state index < -0.39 is 35.1 Å². The Hall–Kier alpha value is -3.46. The fraction of sp³-hybridized carbons (Fsp3) is 0.486. The summed E-state index contributed by atoms with van der Waals surface area (Å²) < 4.78 is 67.9. The summed E-state index contributed by atoms with van der Waals surface area (Å²) in [6.07, 6.45) is 8.56. The van der Waals surface area contributed by atoms with Gasteiger partial charge in [0.15, 0.2) is 0 Å². The molecule has 4 rings (SSSR count). The third-order valence-corrected chi connectivity index (χ3v) is 6.75. The number of esters is 1. The molecule has 0 fully saturated rings. The van der Waals surface area contributed by atoms with E-state index in [4.69, 9.17) is 0 Å². The second-order valence-electron chi connectivity index (χ2n) is 11.6. The number of carbonyl (C=O) groups is 1. The van der Waals surface area contributed by atoms with E-state index >= 15 is 13.2 Å². The number of benzene rings is 2. The van der Waals surface area contributed by atoms with Gasteiger partial charge in [0.1, 0.15) is 23.1 Å². The molecule has 44 heavy (non-hydrogen) atoms. The smallest absolute Gasteiger partial charge is 0.330 e. The summed E-state index contributed by atoms with van der Waals surface area (Å²) in [7, 11) is 1.19. The lowest BCUT2D eigenvalue weighted by atomic mass is 9.82. The molecule has 1 aromatic heterocycles. The van der Waals surface area contributed by atoms with Crippen LogP contribution in [-0.4, -0.2) is 46.0 Å². The summed E-state index contributed by atoms with van der Waals surface area (Å²) in [4.78, 5) is 13.1. The number of hydrogen-bond donors (Lipinski definition) is 0. The standard InChI is InChI=1S/C29H31F4N3O2.2C3H8/c1-6-35-15-20(14-34-35)21-12-19-9-17(2)36(16-29(3,4)33)28(22(19)13-23(21)30)27-24(31)10-18(11-25(27)32)7-8-26(37)38-5;2*1-3-2/h7-8,10-15,17,28H,6,9,16H2,1-5H3;2*3H2,1-2H3/b8-7+;;. The zero-order chi connectivity index (χ0) is 33.2. The van der Waals surface area contributed by atoms with Gasteiger partial charge in [-0.3, -0.25) is 9.58 Å². The molecule has 242 valence electrons. The summed E-state index contributed by atoms with van der Waals surface area (Å²) in [5.41, 5.74) is 0.193. The average Bonchev–Trinajstić information content (AvgIpc) is 3.42. The molecule has 1 aliphatic rings. The maximum Gasteiger partial charge on any atom is 0.330 e. The van der Waals surface area contributed by atoms with Crippen LogP contribution in [0.3, 0.4) is 0 Å². The van der Waals surface area contributed by atoms with Crippen molar-refractivity contribution in [3.8, 4) is 11.1 Å². The first-order valence-electron chi connectivity index (χ1n) is 15.3. The lowest BCUT2D eigenvalue weighted by Crippen LogP contribution is -2.48. The fourth-order valence-corrected chi connectivity index (χ4v) is 5.03. The highest BCUT2D eigenvalue weighted by atomic mass is 19.1. The van der Waals surface area contributed by atoms with E-state index in [2.05, 4.69) is 37.5 Å². The number of carbonyl (C=O) groups excluding carboxylic acids is 1. The first-order valence-corrected chi connectivity index (χ1v) is 15.3. The van der Waals surface area contributed by atoms with Gasteiger partial charge in [0, 0.05) is 48.1 Å². The molecule has 2 heterocycles. The molecule has 2 atom stereocenters. The van der Waals surface area contributed by atoms with Gasteiger partial charge in [0.05, 0.1) is 19.3 Å². The molecule has 5 nitrogen and oxygen atoms in total. The highest BCUT2D eigenvalue weighted by Gasteiger charge is 2.40. The molecule has 3 aromatic rings. The molecule has 0 radical (unpaired) electrons. The van der Waals surface area contributed by atoms with Crippen LogP contribution in [0, 0.1) is 17.5 Å². The van der Waals surface area contributed by atoms with E-state index in [1.54, 1.807) is 28.0 Å². The summed E-state index contributed by atoms with van der Waals surface area (Å²) in [5.74, 6) is -2.99. The van der Waals surface area contributed by atoms with Crippen LogP contribution in [0.15, 0.2) is 42.7 Å². The van der Waals surface area contributed by atoms with Gasteiger partial charge in [-0.15, -0.1) is 0 Å². The zero-order valence-electron chi connectivity index (χ0n) is 27.5. The number of methoxy groups -OCH3 is 1. The van der Waals surface area contributed by atoms with Gasteiger partial charge in [0.2, 0.25) is 0 Å². The Labute approximate surface area is 259 Å². The van der Waals surface area contributed by atoms with Crippen LogP contribution in [0.2, 0.25) is 0 Å². The number of aryl methyl sites for hydroxylation is 1. The topological polar surface area (TPSA) is 47.4 Å². The molecule has 0 bridgehead atoms. The minimum absolute atomic E-state index is 0.116. The van der Waals surface area contributed by atoms with Crippen LogP contribution in [0.25, 0.3) is 17.2 Å². The second-order valence-corrected chi connectivity index (χ2v) is 11.6. The van der Waals surface area contributed by atoms with Gasteiger partial charge in [-0.25, -0.2) is 22.4 Å². The number of ether oxygens (including phenoxy) is 1. The fourth-order valence-electron chi connectivity index (χ4n) is 5.03. The van der Waals surface area contributed by atoms with E-state index in [0.717, 1.165) is 23.8 Å². The summed E-state index contributed by atoms with van der Waals surface area (Å²) in [5, 5.41) is 4.22. The van der Waals surface area contributed by atoms with Gasteiger partial charge >= 0.3 is 5.97 Å². The molecule has 0 aliphatic carbocycles. The molecule has 0 spiro atoms. The third kappa shape index (κ3) is 9.52. The molecule has 0 saturated heterocycles. The molecule has 1 aliphatic heterocycles. The van der Waals surface area contributed by atoms with Crippen molar-refractivity contribution >= 4 is 12.0 Å². The lowest BCUT2D eigenvalue weighted by Gasteiger charge is -2.44. The Bertz CT molecular complexity index is 1390. The summed E-state index contributed by atoms with van der Waals surface area (Å²) >= 11 is 0. The van der Waals surface area contributed by atoms with Crippen LogP contribution >= 0.6 is 0 Å². The van der Waals surface area contributed by atoms with Crippen molar-refractivity contribution < 1.29 is 27.1 Å². The molecule has 0 amide bonds. The molecular formula is C35H47F4N3O2. The van der Waals surface area contributed by atoms with Crippen LogP contribution in [0.1, 0.15) is 96.5 Å². The van der Waals surface area contributed by atoms with E-state index in [0.29, 0.717) is 29.7 Å². The number of aromatic nitrogens is 2. The van der Waals surface area contributed by atoms with E-state index in [1.165, 1.54) is 45.9 Å². The molecule has 0 N–H and O–H groups in total. The first kappa shape index (κ1) is 36.7. The number of fused-ring (bicyclic) bond motifs is 1. The predicted octanol–water partition coefficient (Wildman–Crippen LogP) is 9.09. The highest BCUT2D eigenvalue weighted by Crippen LogP contribution is 2.43. The van der Waals surface area contributed by atoms with E-state index in [9.17, 15) is 9.18 Å². The first-order chi connectivity index (χ1) is 20.7. The number of rotatable bonds is 7. The minimum atomic E-state index is -1.67. The van der Waals surface area contributed by atoms with Gasteiger partial charge in [-0.05, 0) is 81.1 Å². The molecule has 0 saturated carbocycles. The van der Waals surface area contributed by atoms with Crippen molar-refractivity contribution in [2.45, 2.75) is 98.9 Å². The Morgan fingerprint density at radius 2 is 1.61 bits per heavy atom. The van der Waals surface area contributed by atoms with Gasteiger partial charge in [-0.2, -0.15) is 5.10 Å². The quantitative estimate of drug-likeness (QED) is 0.151. The number of alkyl halides is 1. The molecule has 2 unspecified atom stereocenters. The number of nitrogens with zero attached hydrogens (tertiary/aromatic N) is 3. The van der Waals surface area contributed by atoms with Crippen molar-refractivity contribution in [1.82, 2.24) is 14.7 Å². The van der Waals surface area contributed by atoms with Crippen LogP contribution in [0.5, 0.6) is 0 Å². The summed E-state index contributed by atoms with van der Waals surface area (Å²) in [6, 6.07) is 3.83. The van der Waals surface area contributed by atoms with Crippen LogP contribution < -0.4 is 0 Å². The minimum Gasteiger partial charge on any atom is -0.466 e. The average molecular weight is 618 g/mol.